The quantitative estimate of drug-likeness (QED) is 0.828. The van der Waals surface area contributed by atoms with Gasteiger partial charge in [0.1, 0.15) is 4.70 Å². The Bertz CT molecular complexity index is 682. The zero-order valence-corrected chi connectivity index (χ0v) is 10.6. The van der Waals surface area contributed by atoms with Crippen molar-refractivity contribution in [1.82, 2.24) is 9.55 Å². The number of nitrogens with one attached hydrogen (secondary N) is 1. The topological polar surface area (TPSA) is 81.2 Å². The number of hydrogen-bond acceptors (Lipinski definition) is 5. The van der Waals surface area contributed by atoms with Crippen LogP contribution in [0.2, 0.25) is 0 Å². The molecule has 2 aromatic rings. The van der Waals surface area contributed by atoms with Gasteiger partial charge in [0.2, 0.25) is 0 Å². The van der Waals surface area contributed by atoms with E-state index in [1.54, 1.807) is 18.4 Å². The molecule has 0 aliphatic heterocycles. The van der Waals surface area contributed by atoms with Crippen molar-refractivity contribution < 1.29 is 9.53 Å². The first kappa shape index (κ1) is 12.6. The second-order valence-electron chi connectivity index (χ2n) is 3.60. The summed E-state index contributed by atoms with van der Waals surface area (Å²) in [5, 5.41) is 1.74. The first-order chi connectivity index (χ1) is 8.63. The predicted molar refractivity (Wildman–Crippen MR) is 68.0 cm³/mol. The van der Waals surface area contributed by atoms with E-state index in [0.717, 1.165) is 0 Å². The monoisotopic (exact) mass is 268 g/mol. The number of aromatic amines is 1. The largest absolute Gasteiger partial charge is 0.466 e. The number of thiophene rings is 1. The maximum atomic E-state index is 11.7. The van der Waals surface area contributed by atoms with Gasteiger partial charge in [-0.15, -0.1) is 11.3 Å². The van der Waals surface area contributed by atoms with E-state index in [2.05, 4.69) is 4.98 Å². The molecule has 0 spiro atoms. The second kappa shape index (κ2) is 5.18. The van der Waals surface area contributed by atoms with E-state index in [1.807, 2.05) is 0 Å². The molecule has 0 atom stereocenters. The fraction of sp³-hybridized carbons (Fsp3) is 0.364. The Balaban J connectivity index is 2.33. The molecule has 2 rings (SSSR count). The second-order valence-corrected chi connectivity index (χ2v) is 4.52. The number of carbonyl (C=O) groups is 1. The van der Waals surface area contributed by atoms with Crippen molar-refractivity contribution in [2.45, 2.75) is 19.9 Å². The third-order valence-electron chi connectivity index (χ3n) is 2.45. The summed E-state index contributed by atoms with van der Waals surface area (Å²) in [6.45, 7) is 2.23. The number of fused-ring (bicyclic) bond motifs is 1. The molecule has 2 heterocycles. The highest BCUT2D eigenvalue weighted by Gasteiger charge is 2.10. The van der Waals surface area contributed by atoms with E-state index >= 15 is 0 Å². The number of nitrogens with zero attached hydrogens (tertiary/aromatic N) is 1. The SMILES string of the molecule is CCOC(=O)CCn1c(=O)[nH]c(=O)c2sccc21. The third-order valence-corrected chi connectivity index (χ3v) is 3.35. The third kappa shape index (κ3) is 2.35. The number of esters is 1. The van der Waals surface area contributed by atoms with E-state index in [9.17, 15) is 14.4 Å². The molecule has 96 valence electrons. The molecule has 0 saturated heterocycles. The lowest BCUT2D eigenvalue weighted by Gasteiger charge is -2.06. The molecule has 0 amide bonds. The lowest BCUT2D eigenvalue weighted by Crippen LogP contribution is -2.30. The summed E-state index contributed by atoms with van der Waals surface area (Å²) >= 11 is 1.26. The van der Waals surface area contributed by atoms with E-state index < -0.39 is 11.2 Å². The molecule has 7 heteroatoms. The molecule has 0 unspecified atom stereocenters. The van der Waals surface area contributed by atoms with Gasteiger partial charge in [0, 0.05) is 6.54 Å². The predicted octanol–water partition coefficient (Wildman–Crippen LogP) is 0.704. The summed E-state index contributed by atoms with van der Waals surface area (Å²) in [6, 6.07) is 1.70. The van der Waals surface area contributed by atoms with Crippen LogP contribution in [0.1, 0.15) is 13.3 Å². The van der Waals surface area contributed by atoms with Crippen LogP contribution in [0.5, 0.6) is 0 Å². The fourth-order valence-corrected chi connectivity index (χ4v) is 2.46. The van der Waals surface area contributed by atoms with Gasteiger partial charge in [0.05, 0.1) is 18.5 Å². The van der Waals surface area contributed by atoms with Crippen molar-refractivity contribution in [2.75, 3.05) is 6.61 Å². The fourth-order valence-electron chi connectivity index (χ4n) is 1.67. The maximum Gasteiger partial charge on any atom is 0.328 e. The molecule has 2 aromatic heterocycles. The summed E-state index contributed by atoms with van der Waals surface area (Å²) in [6.07, 6.45) is 0.102. The van der Waals surface area contributed by atoms with Gasteiger partial charge in [0.25, 0.3) is 5.56 Å². The van der Waals surface area contributed by atoms with Crippen molar-refractivity contribution in [1.29, 1.82) is 0 Å². The molecule has 0 bridgehead atoms. The molecular formula is C11H12N2O4S. The molecule has 0 radical (unpaired) electrons. The van der Waals surface area contributed by atoms with Gasteiger partial charge in [0.15, 0.2) is 0 Å². The minimum absolute atomic E-state index is 0.102. The van der Waals surface area contributed by atoms with Crippen LogP contribution in [-0.4, -0.2) is 22.1 Å². The van der Waals surface area contributed by atoms with Gasteiger partial charge in [-0.3, -0.25) is 19.1 Å². The number of H-pyrrole nitrogens is 1. The van der Waals surface area contributed by atoms with Gasteiger partial charge in [-0.1, -0.05) is 0 Å². The molecule has 0 aromatic carbocycles. The Kier molecular flexibility index (Phi) is 3.61. The minimum Gasteiger partial charge on any atom is -0.466 e. The van der Waals surface area contributed by atoms with Crippen molar-refractivity contribution in [3.05, 3.63) is 32.3 Å². The van der Waals surface area contributed by atoms with Crippen LogP contribution in [0.4, 0.5) is 0 Å². The number of ether oxygens (including phenoxy) is 1. The first-order valence-corrected chi connectivity index (χ1v) is 6.37. The zero-order valence-electron chi connectivity index (χ0n) is 9.76. The van der Waals surface area contributed by atoms with E-state index in [-0.39, 0.29) is 18.9 Å². The number of aromatic nitrogens is 2. The molecule has 0 fully saturated rings. The van der Waals surface area contributed by atoms with Crippen molar-refractivity contribution in [2.24, 2.45) is 0 Å². The van der Waals surface area contributed by atoms with Crippen LogP contribution in [0, 0.1) is 0 Å². The zero-order chi connectivity index (χ0) is 13.1. The minimum atomic E-state index is -0.504. The first-order valence-electron chi connectivity index (χ1n) is 5.49. The van der Waals surface area contributed by atoms with E-state index in [1.165, 1.54) is 15.9 Å². The molecule has 0 aliphatic carbocycles. The maximum absolute atomic E-state index is 11.7. The summed E-state index contributed by atoms with van der Waals surface area (Å²) in [4.78, 5) is 36.7. The number of rotatable bonds is 4. The molecule has 6 nitrogen and oxygen atoms in total. The summed E-state index contributed by atoms with van der Waals surface area (Å²) in [7, 11) is 0. The lowest BCUT2D eigenvalue weighted by molar-refractivity contribution is -0.143. The van der Waals surface area contributed by atoms with Crippen LogP contribution < -0.4 is 11.2 Å². The average molecular weight is 268 g/mol. The summed E-state index contributed by atoms with van der Waals surface area (Å²) in [5.41, 5.74) is -0.342. The van der Waals surface area contributed by atoms with Crippen LogP contribution in [0.3, 0.4) is 0 Å². The van der Waals surface area contributed by atoms with E-state index in [0.29, 0.717) is 16.8 Å². The van der Waals surface area contributed by atoms with Crippen LogP contribution in [-0.2, 0) is 16.1 Å². The van der Waals surface area contributed by atoms with Crippen LogP contribution >= 0.6 is 11.3 Å². The lowest BCUT2D eigenvalue weighted by atomic mass is 10.4. The van der Waals surface area contributed by atoms with Gasteiger partial charge < -0.3 is 4.74 Å². The number of aryl methyl sites for hydroxylation is 1. The normalized spacial score (nSPS) is 10.7. The smallest absolute Gasteiger partial charge is 0.328 e. The van der Waals surface area contributed by atoms with E-state index in [4.69, 9.17) is 4.74 Å². The Hall–Kier alpha value is -1.89. The Morgan fingerprint density at radius 1 is 1.50 bits per heavy atom. The number of carbonyl (C=O) groups excluding carboxylic acids is 1. The standard InChI is InChI=1S/C11H12N2O4S/c1-2-17-8(14)3-5-13-7-4-6-18-9(7)10(15)12-11(13)16/h4,6H,2-3,5H2,1H3,(H,12,15,16). The molecular weight excluding hydrogens is 256 g/mol. The molecule has 0 aliphatic rings. The van der Waals surface area contributed by atoms with Crippen molar-refractivity contribution >= 4 is 27.5 Å². The van der Waals surface area contributed by atoms with Gasteiger partial charge in [-0.2, -0.15) is 0 Å². The Morgan fingerprint density at radius 3 is 3.00 bits per heavy atom. The van der Waals surface area contributed by atoms with Gasteiger partial charge >= 0.3 is 11.7 Å². The highest BCUT2D eigenvalue weighted by molar-refractivity contribution is 7.17. The Labute approximate surface area is 106 Å². The van der Waals surface area contributed by atoms with Gasteiger partial charge in [-0.25, -0.2) is 4.79 Å². The highest BCUT2D eigenvalue weighted by Crippen LogP contribution is 2.14. The Morgan fingerprint density at radius 2 is 2.28 bits per heavy atom. The summed E-state index contributed by atoms with van der Waals surface area (Å²) < 4.78 is 6.66. The van der Waals surface area contributed by atoms with Crippen LogP contribution in [0.25, 0.3) is 10.2 Å². The van der Waals surface area contributed by atoms with Gasteiger partial charge in [-0.05, 0) is 18.4 Å². The number of hydrogen-bond donors (Lipinski definition) is 1. The van der Waals surface area contributed by atoms with Crippen molar-refractivity contribution in [3.8, 4) is 0 Å². The highest BCUT2D eigenvalue weighted by atomic mass is 32.1. The van der Waals surface area contributed by atoms with Crippen LogP contribution in [0.15, 0.2) is 21.0 Å². The average Bonchev–Trinajstić information content (AvgIpc) is 2.78. The molecule has 18 heavy (non-hydrogen) atoms. The molecule has 0 saturated carbocycles. The molecule has 1 N–H and O–H groups in total. The van der Waals surface area contributed by atoms with Crippen molar-refractivity contribution in [3.63, 3.8) is 0 Å². The summed E-state index contributed by atoms with van der Waals surface area (Å²) in [5.74, 6) is -0.362.